The van der Waals surface area contributed by atoms with Gasteiger partial charge in [-0.2, -0.15) is 0 Å². The molecule has 1 aromatic heterocycles. The van der Waals surface area contributed by atoms with Crippen molar-refractivity contribution in [2.24, 2.45) is 0 Å². The molecule has 1 amide bonds. The van der Waals surface area contributed by atoms with Gasteiger partial charge in [-0.15, -0.1) is 0 Å². The summed E-state index contributed by atoms with van der Waals surface area (Å²) in [5, 5.41) is 2.95. The Morgan fingerprint density at radius 2 is 1.88 bits per heavy atom. The Hall–Kier alpha value is -2.43. The zero-order chi connectivity index (χ0) is 18.6. The van der Waals surface area contributed by atoms with Crippen molar-refractivity contribution < 1.29 is 14.0 Å². The molecule has 0 saturated heterocycles. The Bertz CT molecular complexity index is 763. The quantitative estimate of drug-likeness (QED) is 0.769. The number of nitrogens with zero attached hydrogens (tertiary/aromatic N) is 1. The molecule has 0 aliphatic carbocycles. The van der Waals surface area contributed by atoms with E-state index in [1.165, 1.54) is 19.1 Å². The van der Waals surface area contributed by atoms with E-state index in [1.807, 2.05) is 31.4 Å². The molecule has 2 aromatic rings. The van der Waals surface area contributed by atoms with Gasteiger partial charge in [-0.1, -0.05) is 6.92 Å². The largest absolute Gasteiger partial charge is 0.354 e. The first-order chi connectivity index (χ1) is 11.8. The van der Waals surface area contributed by atoms with Crippen LogP contribution in [-0.4, -0.2) is 22.3 Å². The number of carbonyl (C=O) groups excluding carboxylic acids is 2. The lowest BCUT2D eigenvalue weighted by atomic mass is 10.1. The zero-order valence-electron chi connectivity index (χ0n) is 15.2. The maximum Gasteiger partial charge on any atom is 0.221 e. The van der Waals surface area contributed by atoms with Crippen molar-refractivity contribution in [1.82, 2.24) is 9.88 Å². The average Bonchev–Trinajstić information content (AvgIpc) is 2.90. The summed E-state index contributed by atoms with van der Waals surface area (Å²) in [7, 11) is 0. The third-order valence-electron chi connectivity index (χ3n) is 4.47. The standard InChI is InChI=1S/C20H25FN2O2/c1-5-13(2)22-20(25)10-11-23-14(3)18(15(4)24)12-19(23)16-6-8-17(21)9-7-16/h6-9,12-13H,5,10-11H2,1-4H3,(H,22,25)/t13-/m0/s1. The molecular weight excluding hydrogens is 319 g/mol. The van der Waals surface area contributed by atoms with Crippen molar-refractivity contribution >= 4 is 11.7 Å². The van der Waals surface area contributed by atoms with Gasteiger partial charge in [0.25, 0.3) is 0 Å². The first kappa shape index (κ1) is 18.9. The molecule has 0 aliphatic rings. The molecule has 1 aromatic carbocycles. The number of benzene rings is 1. The Morgan fingerprint density at radius 1 is 1.24 bits per heavy atom. The van der Waals surface area contributed by atoms with Gasteiger partial charge in [0.05, 0.1) is 0 Å². The van der Waals surface area contributed by atoms with Gasteiger partial charge in [-0.3, -0.25) is 9.59 Å². The molecule has 0 radical (unpaired) electrons. The van der Waals surface area contributed by atoms with E-state index in [-0.39, 0.29) is 23.5 Å². The molecule has 134 valence electrons. The fourth-order valence-electron chi connectivity index (χ4n) is 2.81. The molecule has 0 unspecified atom stereocenters. The van der Waals surface area contributed by atoms with Crippen LogP contribution in [0.4, 0.5) is 4.39 Å². The lowest BCUT2D eigenvalue weighted by Crippen LogP contribution is -2.32. The van der Waals surface area contributed by atoms with Crippen molar-refractivity contribution in [2.45, 2.75) is 53.1 Å². The van der Waals surface area contributed by atoms with Gasteiger partial charge in [0.15, 0.2) is 5.78 Å². The van der Waals surface area contributed by atoms with E-state index in [0.29, 0.717) is 18.5 Å². The van der Waals surface area contributed by atoms with Crippen molar-refractivity contribution in [3.8, 4) is 11.3 Å². The molecule has 5 heteroatoms. The smallest absolute Gasteiger partial charge is 0.221 e. The monoisotopic (exact) mass is 344 g/mol. The van der Waals surface area contributed by atoms with Crippen LogP contribution in [0, 0.1) is 12.7 Å². The Labute approximate surface area is 148 Å². The van der Waals surface area contributed by atoms with Crippen LogP contribution < -0.4 is 5.32 Å². The third kappa shape index (κ3) is 4.56. The van der Waals surface area contributed by atoms with Gasteiger partial charge in [0.1, 0.15) is 5.82 Å². The van der Waals surface area contributed by atoms with Gasteiger partial charge < -0.3 is 9.88 Å². The fourth-order valence-corrected chi connectivity index (χ4v) is 2.81. The van der Waals surface area contributed by atoms with Crippen LogP contribution in [0.25, 0.3) is 11.3 Å². The summed E-state index contributed by atoms with van der Waals surface area (Å²) in [5.41, 5.74) is 3.09. The maximum atomic E-state index is 13.2. The number of halogens is 1. The minimum Gasteiger partial charge on any atom is -0.354 e. The van der Waals surface area contributed by atoms with Gasteiger partial charge >= 0.3 is 0 Å². The van der Waals surface area contributed by atoms with Gasteiger partial charge in [0, 0.05) is 36.0 Å². The molecule has 25 heavy (non-hydrogen) atoms. The van der Waals surface area contributed by atoms with Crippen LogP contribution in [0.1, 0.15) is 49.7 Å². The Kier molecular flexibility index (Phi) is 6.12. The molecule has 0 saturated carbocycles. The first-order valence-electron chi connectivity index (χ1n) is 8.59. The highest BCUT2D eigenvalue weighted by Crippen LogP contribution is 2.27. The van der Waals surface area contributed by atoms with Crippen LogP contribution in [0.2, 0.25) is 0 Å². The van der Waals surface area contributed by atoms with Gasteiger partial charge in [0.2, 0.25) is 5.91 Å². The van der Waals surface area contributed by atoms with Crippen LogP contribution in [-0.2, 0) is 11.3 Å². The highest BCUT2D eigenvalue weighted by molar-refractivity contribution is 5.96. The van der Waals surface area contributed by atoms with E-state index < -0.39 is 0 Å². The minimum absolute atomic E-state index is 0.0168. The highest BCUT2D eigenvalue weighted by atomic mass is 19.1. The Morgan fingerprint density at radius 3 is 2.44 bits per heavy atom. The first-order valence-corrected chi connectivity index (χ1v) is 8.59. The number of amides is 1. The number of nitrogens with one attached hydrogen (secondary N) is 1. The molecule has 1 N–H and O–H groups in total. The van der Waals surface area contributed by atoms with Crippen LogP contribution in [0.15, 0.2) is 30.3 Å². The molecular formula is C20H25FN2O2. The van der Waals surface area contributed by atoms with E-state index in [9.17, 15) is 14.0 Å². The average molecular weight is 344 g/mol. The number of rotatable bonds is 7. The molecule has 1 heterocycles. The number of aromatic nitrogens is 1. The highest BCUT2D eigenvalue weighted by Gasteiger charge is 2.17. The molecule has 0 fully saturated rings. The summed E-state index contributed by atoms with van der Waals surface area (Å²) in [6, 6.07) is 8.11. The second kappa shape index (κ2) is 8.10. The molecule has 0 aliphatic heterocycles. The van der Waals surface area contributed by atoms with Crippen molar-refractivity contribution in [2.75, 3.05) is 0 Å². The van der Waals surface area contributed by atoms with E-state index in [0.717, 1.165) is 23.4 Å². The Balaban J connectivity index is 2.30. The van der Waals surface area contributed by atoms with Crippen LogP contribution in [0.5, 0.6) is 0 Å². The number of hydrogen-bond donors (Lipinski definition) is 1. The predicted octanol–water partition coefficient (Wildman–Crippen LogP) is 4.11. The second-order valence-corrected chi connectivity index (χ2v) is 6.37. The molecule has 2 rings (SSSR count). The van der Waals surface area contributed by atoms with E-state index in [1.54, 1.807) is 12.1 Å². The third-order valence-corrected chi connectivity index (χ3v) is 4.47. The predicted molar refractivity (Wildman–Crippen MR) is 97.1 cm³/mol. The fraction of sp³-hybridized carbons (Fsp3) is 0.400. The number of hydrogen-bond acceptors (Lipinski definition) is 2. The molecule has 0 bridgehead atoms. The summed E-state index contributed by atoms with van der Waals surface area (Å²) in [4.78, 5) is 24.0. The summed E-state index contributed by atoms with van der Waals surface area (Å²) in [5.74, 6) is -0.348. The summed E-state index contributed by atoms with van der Waals surface area (Å²) < 4.78 is 15.2. The molecule has 0 spiro atoms. The number of Topliss-reactive ketones (excluding diaryl/α,β-unsaturated/α-hetero) is 1. The van der Waals surface area contributed by atoms with Crippen LogP contribution >= 0.6 is 0 Å². The van der Waals surface area contributed by atoms with E-state index in [2.05, 4.69) is 5.32 Å². The SMILES string of the molecule is CC[C@H](C)NC(=O)CCn1c(-c2ccc(F)cc2)cc(C(C)=O)c1C. The normalized spacial score (nSPS) is 12.0. The zero-order valence-corrected chi connectivity index (χ0v) is 15.2. The van der Waals surface area contributed by atoms with Gasteiger partial charge in [-0.05, 0) is 63.1 Å². The number of ketones is 1. The topological polar surface area (TPSA) is 51.1 Å². The summed E-state index contributed by atoms with van der Waals surface area (Å²) in [6.07, 6.45) is 1.20. The van der Waals surface area contributed by atoms with Crippen molar-refractivity contribution in [3.05, 3.63) is 47.4 Å². The lowest BCUT2D eigenvalue weighted by molar-refractivity contribution is -0.121. The second-order valence-electron chi connectivity index (χ2n) is 6.37. The van der Waals surface area contributed by atoms with Crippen molar-refractivity contribution in [3.63, 3.8) is 0 Å². The summed E-state index contributed by atoms with van der Waals surface area (Å²) in [6.45, 7) is 7.85. The maximum absolute atomic E-state index is 13.2. The van der Waals surface area contributed by atoms with Crippen LogP contribution in [0.3, 0.4) is 0 Å². The lowest BCUT2D eigenvalue weighted by Gasteiger charge is -2.14. The van der Waals surface area contributed by atoms with Crippen molar-refractivity contribution in [1.29, 1.82) is 0 Å². The molecule has 1 atom stereocenters. The van der Waals surface area contributed by atoms with E-state index in [4.69, 9.17) is 0 Å². The van der Waals surface area contributed by atoms with E-state index >= 15 is 0 Å². The van der Waals surface area contributed by atoms with Gasteiger partial charge in [-0.25, -0.2) is 4.39 Å². The molecule has 4 nitrogen and oxygen atoms in total. The number of carbonyl (C=O) groups is 2. The summed E-state index contributed by atoms with van der Waals surface area (Å²) >= 11 is 0. The minimum atomic E-state index is -0.307.